The van der Waals surface area contributed by atoms with E-state index < -0.39 is 0 Å². The summed E-state index contributed by atoms with van der Waals surface area (Å²) in [7, 11) is 0. The molecule has 1 aliphatic rings. The van der Waals surface area contributed by atoms with Crippen molar-refractivity contribution >= 4 is 17.4 Å². The van der Waals surface area contributed by atoms with E-state index in [1.807, 2.05) is 24.3 Å². The lowest BCUT2D eigenvalue weighted by atomic mass is 9.80. The van der Waals surface area contributed by atoms with Crippen molar-refractivity contribution in [1.29, 1.82) is 5.26 Å². The highest BCUT2D eigenvalue weighted by Crippen LogP contribution is 2.40. The molecule has 22 heavy (non-hydrogen) atoms. The van der Waals surface area contributed by atoms with Gasteiger partial charge in [0.2, 0.25) is 0 Å². The van der Waals surface area contributed by atoms with Crippen LogP contribution < -0.4 is 5.73 Å². The van der Waals surface area contributed by atoms with Gasteiger partial charge in [-0.3, -0.25) is 0 Å². The van der Waals surface area contributed by atoms with Gasteiger partial charge in [0.15, 0.2) is 0 Å². The molecular formula is C18H18ClN3. The van der Waals surface area contributed by atoms with Crippen molar-refractivity contribution in [3.8, 4) is 17.2 Å². The van der Waals surface area contributed by atoms with E-state index in [4.69, 9.17) is 17.3 Å². The molecule has 112 valence electrons. The molecule has 0 spiro atoms. The van der Waals surface area contributed by atoms with Crippen LogP contribution >= 0.6 is 11.6 Å². The fraction of sp³-hybridized carbons (Fsp3) is 0.333. The van der Waals surface area contributed by atoms with Gasteiger partial charge in [-0.1, -0.05) is 43.1 Å². The molecule has 3 nitrogen and oxygen atoms in total. The van der Waals surface area contributed by atoms with Crippen LogP contribution in [0.25, 0.3) is 11.1 Å². The van der Waals surface area contributed by atoms with E-state index in [0.717, 1.165) is 48.1 Å². The second-order valence-electron chi connectivity index (χ2n) is 5.78. The van der Waals surface area contributed by atoms with Gasteiger partial charge in [0.05, 0.1) is 0 Å². The highest BCUT2D eigenvalue weighted by molar-refractivity contribution is 6.33. The number of nitriles is 1. The Kier molecular flexibility index (Phi) is 4.04. The van der Waals surface area contributed by atoms with Crippen LogP contribution in [-0.4, -0.2) is 4.98 Å². The zero-order valence-corrected chi connectivity index (χ0v) is 13.3. The first kappa shape index (κ1) is 14.9. The van der Waals surface area contributed by atoms with E-state index >= 15 is 0 Å². The highest BCUT2D eigenvalue weighted by Gasteiger charge is 2.26. The SMILES string of the molecule is CCC1CCc2nc(N)c(C#N)c(-c3ccccc3Cl)c2C1. The maximum atomic E-state index is 9.56. The molecule has 0 aliphatic heterocycles. The van der Waals surface area contributed by atoms with Gasteiger partial charge in [0.25, 0.3) is 0 Å². The van der Waals surface area contributed by atoms with Gasteiger partial charge in [0.1, 0.15) is 17.5 Å². The Hall–Kier alpha value is -2.05. The molecule has 1 atom stereocenters. The van der Waals surface area contributed by atoms with Crippen LogP contribution in [0.2, 0.25) is 5.02 Å². The summed E-state index contributed by atoms with van der Waals surface area (Å²) in [5.74, 6) is 0.942. The predicted octanol–water partition coefficient (Wildman–Crippen LogP) is 4.37. The average molecular weight is 312 g/mol. The number of anilines is 1. The predicted molar refractivity (Wildman–Crippen MR) is 89.6 cm³/mol. The number of rotatable bonds is 2. The van der Waals surface area contributed by atoms with E-state index in [1.165, 1.54) is 0 Å². The lowest BCUT2D eigenvalue weighted by Gasteiger charge is -2.26. The van der Waals surface area contributed by atoms with Crippen LogP contribution in [0.5, 0.6) is 0 Å². The third-order valence-corrected chi connectivity index (χ3v) is 4.86. The van der Waals surface area contributed by atoms with Crippen molar-refractivity contribution in [2.45, 2.75) is 32.6 Å². The number of hydrogen-bond donors (Lipinski definition) is 1. The topological polar surface area (TPSA) is 62.7 Å². The highest BCUT2D eigenvalue weighted by atomic mass is 35.5. The minimum Gasteiger partial charge on any atom is -0.383 e. The molecule has 1 aromatic heterocycles. The fourth-order valence-corrected chi connectivity index (χ4v) is 3.50. The quantitative estimate of drug-likeness (QED) is 0.895. The molecule has 2 N–H and O–H groups in total. The molecule has 4 heteroatoms. The minimum absolute atomic E-state index is 0.311. The second-order valence-corrected chi connectivity index (χ2v) is 6.19. The first-order valence-electron chi connectivity index (χ1n) is 7.61. The Morgan fingerprint density at radius 1 is 1.41 bits per heavy atom. The van der Waals surface area contributed by atoms with Gasteiger partial charge in [-0.05, 0) is 36.8 Å². The third-order valence-electron chi connectivity index (χ3n) is 4.53. The Morgan fingerprint density at radius 3 is 2.86 bits per heavy atom. The molecule has 0 bridgehead atoms. The Balaban J connectivity index is 2.30. The molecule has 0 radical (unpaired) electrons. The van der Waals surface area contributed by atoms with Crippen LogP contribution in [0.4, 0.5) is 5.82 Å². The van der Waals surface area contributed by atoms with Crippen molar-refractivity contribution in [3.05, 3.63) is 46.1 Å². The van der Waals surface area contributed by atoms with Crippen molar-refractivity contribution in [2.75, 3.05) is 5.73 Å². The summed E-state index contributed by atoms with van der Waals surface area (Å²) in [6.45, 7) is 2.21. The van der Waals surface area contributed by atoms with Crippen molar-refractivity contribution in [2.24, 2.45) is 5.92 Å². The van der Waals surface area contributed by atoms with Crippen LogP contribution in [0.3, 0.4) is 0 Å². The van der Waals surface area contributed by atoms with Crippen molar-refractivity contribution < 1.29 is 0 Å². The molecule has 1 unspecified atom stereocenters. The van der Waals surface area contributed by atoms with Crippen molar-refractivity contribution in [3.63, 3.8) is 0 Å². The third kappa shape index (κ3) is 2.44. The normalized spacial score (nSPS) is 16.9. The van der Waals surface area contributed by atoms with Gasteiger partial charge in [-0.2, -0.15) is 5.26 Å². The summed E-state index contributed by atoms with van der Waals surface area (Å²) < 4.78 is 0. The first-order valence-corrected chi connectivity index (χ1v) is 7.99. The molecule has 2 aromatic rings. The second kappa shape index (κ2) is 5.98. The summed E-state index contributed by atoms with van der Waals surface area (Å²) >= 11 is 6.38. The number of nitrogens with two attached hydrogens (primary N) is 1. The number of halogens is 1. The number of nitrogen functional groups attached to an aromatic ring is 1. The number of fused-ring (bicyclic) bond motifs is 1. The minimum atomic E-state index is 0.311. The zero-order chi connectivity index (χ0) is 15.7. The lowest BCUT2D eigenvalue weighted by molar-refractivity contribution is 0.441. The monoisotopic (exact) mass is 311 g/mol. The van der Waals surface area contributed by atoms with E-state index in [2.05, 4.69) is 18.0 Å². The summed E-state index contributed by atoms with van der Waals surface area (Å²) in [4.78, 5) is 4.48. The smallest absolute Gasteiger partial charge is 0.142 e. The zero-order valence-electron chi connectivity index (χ0n) is 12.6. The standard InChI is InChI=1S/C18H18ClN3/c1-2-11-7-8-16-13(9-11)17(14(10-20)18(21)22-16)12-5-3-4-6-15(12)19/h3-6,11H,2,7-9H2,1H3,(H2,21,22). The number of nitrogens with zero attached hydrogens (tertiary/aromatic N) is 2. The number of pyridine rings is 1. The summed E-state index contributed by atoms with van der Waals surface area (Å²) in [5.41, 5.74) is 10.4. The van der Waals surface area contributed by atoms with Gasteiger partial charge >= 0.3 is 0 Å². The maximum absolute atomic E-state index is 9.56. The van der Waals surface area contributed by atoms with E-state index in [1.54, 1.807) is 0 Å². The van der Waals surface area contributed by atoms with Gasteiger partial charge in [-0.25, -0.2) is 4.98 Å². The summed E-state index contributed by atoms with van der Waals surface area (Å²) in [5, 5.41) is 10.2. The largest absolute Gasteiger partial charge is 0.383 e. The first-order chi connectivity index (χ1) is 10.7. The lowest BCUT2D eigenvalue weighted by Crippen LogP contribution is -2.18. The van der Waals surface area contributed by atoms with Crippen molar-refractivity contribution in [1.82, 2.24) is 4.98 Å². The number of benzene rings is 1. The molecule has 0 saturated carbocycles. The molecule has 1 aliphatic carbocycles. The Labute approximate surface area is 135 Å². The van der Waals surface area contributed by atoms with E-state index in [-0.39, 0.29) is 0 Å². The summed E-state index contributed by atoms with van der Waals surface area (Å²) in [6, 6.07) is 9.86. The molecule has 1 aromatic carbocycles. The molecule has 0 saturated heterocycles. The molecule has 0 amide bonds. The van der Waals surface area contributed by atoms with Gasteiger partial charge < -0.3 is 5.73 Å². The Morgan fingerprint density at radius 2 is 2.18 bits per heavy atom. The number of aryl methyl sites for hydroxylation is 1. The number of hydrogen-bond acceptors (Lipinski definition) is 3. The maximum Gasteiger partial charge on any atom is 0.142 e. The van der Waals surface area contributed by atoms with Gasteiger partial charge in [0, 0.05) is 21.8 Å². The van der Waals surface area contributed by atoms with Crippen LogP contribution in [0.15, 0.2) is 24.3 Å². The van der Waals surface area contributed by atoms with Crippen LogP contribution in [0, 0.1) is 17.2 Å². The fourth-order valence-electron chi connectivity index (χ4n) is 3.27. The molecular weight excluding hydrogens is 294 g/mol. The summed E-state index contributed by atoms with van der Waals surface area (Å²) in [6.07, 6.45) is 4.12. The van der Waals surface area contributed by atoms with E-state index in [9.17, 15) is 5.26 Å². The molecule has 0 fully saturated rings. The molecule has 1 heterocycles. The average Bonchev–Trinajstić information content (AvgIpc) is 2.54. The van der Waals surface area contributed by atoms with Crippen LogP contribution in [-0.2, 0) is 12.8 Å². The molecule has 3 rings (SSSR count). The van der Waals surface area contributed by atoms with Gasteiger partial charge in [-0.15, -0.1) is 0 Å². The number of aromatic nitrogens is 1. The Bertz CT molecular complexity index is 762. The van der Waals surface area contributed by atoms with Crippen LogP contribution in [0.1, 0.15) is 36.6 Å². The van der Waals surface area contributed by atoms with E-state index in [0.29, 0.717) is 22.3 Å².